The molecule has 26 heavy (non-hydrogen) atoms. The Morgan fingerprint density at radius 3 is 2.23 bits per heavy atom. The van der Waals surface area contributed by atoms with Crippen LogP contribution in [0.25, 0.3) is 10.4 Å². The molecule has 1 aliphatic heterocycles. The number of rotatable bonds is 8. The van der Waals surface area contributed by atoms with Crippen molar-refractivity contribution in [2.75, 3.05) is 18.5 Å². The quantitative estimate of drug-likeness (QED) is 0.137. The molecule has 0 bridgehead atoms. The van der Waals surface area contributed by atoms with Crippen molar-refractivity contribution in [2.45, 2.75) is 51.4 Å². The number of hydrogen-bond donors (Lipinski definition) is 0. The van der Waals surface area contributed by atoms with Crippen LogP contribution < -0.4 is 0 Å². The van der Waals surface area contributed by atoms with E-state index in [-0.39, 0.29) is 13.2 Å². The Kier molecular flexibility index (Phi) is 9.35. The van der Waals surface area contributed by atoms with E-state index in [0.717, 1.165) is 13.8 Å². The summed E-state index contributed by atoms with van der Waals surface area (Å²) in [6.07, 6.45) is -4.42. The second kappa shape index (κ2) is 11.0. The van der Waals surface area contributed by atoms with Crippen LogP contribution in [0.1, 0.15) is 20.8 Å². The third-order valence-electron chi connectivity index (χ3n) is 3.21. The standard InChI is InChI=1S/C14H20BrN3O8/c1-7(19)23-6-10-12(24-8(2)20)13(25-9(3)21)11(17-18-16)14(26-10)22-5-4-15/h10-14H,4-6H2,1-3H3/t10-,11-,12+,13-,14+/m1/s1. The summed E-state index contributed by atoms with van der Waals surface area (Å²) < 4.78 is 26.5. The fraction of sp³-hybridized carbons (Fsp3) is 0.786. The predicted octanol–water partition coefficient (Wildman–Crippen LogP) is 1.23. The lowest BCUT2D eigenvalue weighted by molar-refractivity contribution is -0.272. The molecule has 0 aliphatic carbocycles. The van der Waals surface area contributed by atoms with Crippen LogP contribution in [0, 0.1) is 0 Å². The Morgan fingerprint density at radius 1 is 1.12 bits per heavy atom. The molecule has 11 nitrogen and oxygen atoms in total. The summed E-state index contributed by atoms with van der Waals surface area (Å²) in [6, 6.07) is -1.11. The number of nitrogens with zero attached hydrogens (tertiary/aromatic N) is 3. The van der Waals surface area contributed by atoms with Crippen LogP contribution in [0.15, 0.2) is 5.11 Å². The number of carbonyl (C=O) groups excluding carboxylic acids is 3. The fourth-order valence-corrected chi connectivity index (χ4v) is 2.55. The van der Waals surface area contributed by atoms with Gasteiger partial charge in [-0.1, -0.05) is 21.0 Å². The molecule has 1 aliphatic rings. The molecule has 0 N–H and O–H groups in total. The summed E-state index contributed by atoms with van der Waals surface area (Å²) in [5.41, 5.74) is 8.84. The van der Waals surface area contributed by atoms with E-state index in [1.807, 2.05) is 0 Å². The van der Waals surface area contributed by atoms with E-state index in [0.29, 0.717) is 5.33 Å². The van der Waals surface area contributed by atoms with Crippen molar-refractivity contribution in [1.29, 1.82) is 0 Å². The van der Waals surface area contributed by atoms with Gasteiger partial charge < -0.3 is 23.7 Å². The lowest BCUT2D eigenvalue weighted by Gasteiger charge is -2.43. The smallest absolute Gasteiger partial charge is 0.303 e. The van der Waals surface area contributed by atoms with Gasteiger partial charge in [-0.3, -0.25) is 14.4 Å². The van der Waals surface area contributed by atoms with Crippen molar-refractivity contribution in [1.82, 2.24) is 0 Å². The molecule has 1 rings (SSSR count). The van der Waals surface area contributed by atoms with Gasteiger partial charge in [0, 0.05) is 31.0 Å². The van der Waals surface area contributed by atoms with Crippen molar-refractivity contribution in [3.05, 3.63) is 10.4 Å². The van der Waals surface area contributed by atoms with Gasteiger partial charge in [0.25, 0.3) is 0 Å². The zero-order valence-electron chi connectivity index (χ0n) is 14.5. The minimum atomic E-state index is -1.18. The highest BCUT2D eigenvalue weighted by Crippen LogP contribution is 2.29. The largest absolute Gasteiger partial charge is 0.463 e. The van der Waals surface area contributed by atoms with Gasteiger partial charge in [0.05, 0.1) is 6.61 Å². The first-order valence-electron chi connectivity index (χ1n) is 7.65. The van der Waals surface area contributed by atoms with Gasteiger partial charge in [0.15, 0.2) is 18.5 Å². The number of hydrogen-bond acceptors (Lipinski definition) is 9. The van der Waals surface area contributed by atoms with E-state index in [4.69, 9.17) is 29.2 Å². The highest BCUT2D eigenvalue weighted by Gasteiger charge is 2.50. The zero-order valence-corrected chi connectivity index (χ0v) is 16.1. The fourth-order valence-electron chi connectivity index (χ4n) is 2.37. The molecule has 5 atom stereocenters. The van der Waals surface area contributed by atoms with Crippen molar-refractivity contribution in [3.8, 4) is 0 Å². The van der Waals surface area contributed by atoms with Gasteiger partial charge in [-0.05, 0) is 5.53 Å². The van der Waals surface area contributed by atoms with Gasteiger partial charge >= 0.3 is 17.9 Å². The minimum absolute atomic E-state index is 0.202. The van der Waals surface area contributed by atoms with E-state index in [9.17, 15) is 14.4 Å². The normalized spacial score (nSPS) is 27.8. The average Bonchev–Trinajstić information content (AvgIpc) is 2.54. The molecule has 1 heterocycles. The van der Waals surface area contributed by atoms with Crippen LogP contribution >= 0.6 is 15.9 Å². The first-order chi connectivity index (χ1) is 12.3. The lowest BCUT2D eigenvalue weighted by atomic mass is 9.97. The van der Waals surface area contributed by atoms with Gasteiger partial charge in [-0.25, -0.2) is 0 Å². The Balaban J connectivity index is 3.21. The Hall–Kier alpha value is -1.88. The summed E-state index contributed by atoms with van der Waals surface area (Å²) in [7, 11) is 0. The van der Waals surface area contributed by atoms with E-state index < -0.39 is 48.6 Å². The molecule has 12 heteroatoms. The lowest BCUT2D eigenvalue weighted by Crippen LogP contribution is -2.61. The molecule has 1 saturated heterocycles. The molecule has 0 aromatic heterocycles. The molecule has 0 aromatic carbocycles. The molecule has 0 saturated carbocycles. The maximum Gasteiger partial charge on any atom is 0.303 e. The maximum absolute atomic E-state index is 11.5. The minimum Gasteiger partial charge on any atom is -0.463 e. The molecular formula is C14H20BrN3O8. The van der Waals surface area contributed by atoms with Gasteiger partial charge in [0.2, 0.25) is 0 Å². The molecular weight excluding hydrogens is 418 g/mol. The summed E-state index contributed by atoms with van der Waals surface area (Å²) in [5.74, 6) is -1.94. The number of ether oxygens (including phenoxy) is 5. The highest BCUT2D eigenvalue weighted by atomic mass is 79.9. The summed E-state index contributed by atoms with van der Waals surface area (Å²) >= 11 is 3.19. The van der Waals surface area contributed by atoms with E-state index in [2.05, 4.69) is 26.0 Å². The van der Waals surface area contributed by atoms with Crippen LogP contribution in [0.5, 0.6) is 0 Å². The summed E-state index contributed by atoms with van der Waals surface area (Å²) in [6.45, 7) is 3.44. The molecule has 0 aromatic rings. The van der Waals surface area contributed by atoms with Crippen molar-refractivity contribution >= 4 is 33.8 Å². The van der Waals surface area contributed by atoms with Gasteiger partial charge in [-0.15, -0.1) is 0 Å². The van der Waals surface area contributed by atoms with Crippen LogP contribution in [-0.2, 0) is 38.1 Å². The van der Waals surface area contributed by atoms with Crippen LogP contribution in [0.4, 0.5) is 0 Å². The first-order valence-corrected chi connectivity index (χ1v) is 8.77. The molecule has 1 fully saturated rings. The number of azide groups is 1. The van der Waals surface area contributed by atoms with Gasteiger partial charge in [0.1, 0.15) is 18.8 Å². The third kappa shape index (κ3) is 6.79. The van der Waals surface area contributed by atoms with E-state index >= 15 is 0 Å². The van der Waals surface area contributed by atoms with Crippen molar-refractivity contribution < 1.29 is 38.1 Å². The maximum atomic E-state index is 11.5. The van der Waals surface area contributed by atoms with Crippen molar-refractivity contribution in [3.63, 3.8) is 0 Å². The molecule has 0 amide bonds. The summed E-state index contributed by atoms with van der Waals surface area (Å²) in [5, 5.41) is 4.05. The van der Waals surface area contributed by atoms with E-state index in [1.54, 1.807) is 0 Å². The number of halogens is 1. The molecule has 146 valence electrons. The topological polar surface area (TPSA) is 146 Å². The Bertz CT molecular complexity index is 568. The van der Waals surface area contributed by atoms with E-state index in [1.165, 1.54) is 6.92 Å². The first kappa shape index (κ1) is 22.2. The molecule has 0 unspecified atom stereocenters. The second-order valence-electron chi connectivity index (χ2n) is 5.25. The number of carbonyl (C=O) groups is 3. The molecule has 0 spiro atoms. The van der Waals surface area contributed by atoms with Gasteiger partial charge in [-0.2, -0.15) is 0 Å². The number of esters is 3. The average molecular weight is 438 g/mol. The highest BCUT2D eigenvalue weighted by molar-refractivity contribution is 9.09. The third-order valence-corrected chi connectivity index (χ3v) is 3.54. The summed E-state index contributed by atoms with van der Waals surface area (Å²) in [4.78, 5) is 36.8. The predicted molar refractivity (Wildman–Crippen MR) is 89.1 cm³/mol. The molecule has 0 radical (unpaired) electrons. The second-order valence-corrected chi connectivity index (χ2v) is 6.04. The zero-order chi connectivity index (χ0) is 19.7. The van der Waals surface area contributed by atoms with Crippen molar-refractivity contribution in [2.24, 2.45) is 5.11 Å². The Morgan fingerprint density at radius 2 is 1.73 bits per heavy atom. The Labute approximate surface area is 158 Å². The van der Waals surface area contributed by atoms with Crippen LogP contribution in [0.3, 0.4) is 0 Å². The monoisotopic (exact) mass is 437 g/mol. The van der Waals surface area contributed by atoms with Crippen LogP contribution in [0.2, 0.25) is 0 Å². The SMILES string of the molecule is CC(=O)OC[C@H]1O[C@H](OCCBr)[C@H](N=[N+]=[N-])[C@@H](OC(C)=O)[C@H]1OC(C)=O. The van der Waals surface area contributed by atoms with Crippen LogP contribution in [-0.4, -0.2) is 67.1 Å². The number of alkyl halides is 1.